The lowest BCUT2D eigenvalue weighted by Crippen LogP contribution is -1.97. The number of phenolic OH excluding ortho intramolecular Hbond substituents is 1. The molecule has 0 fully saturated rings. The van der Waals surface area contributed by atoms with E-state index >= 15 is 0 Å². The third kappa shape index (κ3) is 2.66. The van der Waals surface area contributed by atoms with Crippen LogP contribution in [0, 0.1) is 0 Å². The van der Waals surface area contributed by atoms with Crippen molar-refractivity contribution < 1.29 is 5.11 Å². The van der Waals surface area contributed by atoms with Crippen molar-refractivity contribution >= 4 is 28.8 Å². The Morgan fingerprint density at radius 2 is 1.92 bits per heavy atom. The standard InChI is InChI=1S/C18H13ClN4O/c19-13-4-6-14(7-5-13)21-18-17(12-2-1-3-15(24)10-12)22-16-11-20-8-9-23(16)18/h1-11,21,24H. The van der Waals surface area contributed by atoms with Gasteiger partial charge in [0, 0.05) is 28.7 Å². The molecule has 0 aliphatic heterocycles. The summed E-state index contributed by atoms with van der Waals surface area (Å²) in [5.41, 5.74) is 3.15. The molecule has 4 rings (SSSR count). The van der Waals surface area contributed by atoms with E-state index in [0.717, 1.165) is 22.8 Å². The van der Waals surface area contributed by atoms with Crippen LogP contribution in [0.2, 0.25) is 5.02 Å². The summed E-state index contributed by atoms with van der Waals surface area (Å²) in [4.78, 5) is 8.76. The van der Waals surface area contributed by atoms with Gasteiger partial charge >= 0.3 is 0 Å². The van der Waals surface area contributed by atoms with Gasteiger partial charge in [-0.25, -0.2) is 4.98 Å². The molecule has 0 radical (unpaired) electrons. The Morgan fingerprint density at radius 1 is 1.08 bits per heavy atom. The average Bonchev–Trinajstić information content (AvgIpc) is 2.96. The van der Waals surface area contributed by atoms with Gasteiger partial charge in [-0.1, -0.05) is 23.7 Å². The van der Waals surface area contributed by atoms with E-state index in [1.165, 1.54) is 0 Å². The molecular weight excluding hydrogens is 324 g/mol. The molecule has 2 aromatic carbocycles. The molecule has 0 spiro atoms. The number of hydrogen-bond donors (Lipinski definition) is 2. The minimum Gasteiger partial charge on any atom is -0.508 e. The van der Waals surface area contributed by atoms with Crippen LogP contribution >= 0.6 is 11.6 Å². The van der Waals surface area contributed by atoms with Crippen LogP contribution in [0.3, 0.4) is 0 Å². The van der Waals surface area contributed by atoms with Crippen molar-refractivity contribution in [2.24, 2.45) is 0 Å². The molecular formula is C18H13ClN4O. The molecule has 2 N–H and O–H groups in total. The van der Waals surface area contributed by atoms with E-state index in [1.807, 2.05) is 40.9 Å². The summed E-state index contributed by atoms with van der Waals surface area (Å²) in [6.07, 6.45) is 5.24. The van der Waals surface area contributed by atoms with E-state index in [9.17, 15) is 5.11 Å². The minimum atomic E-state index is 0.195. The number of aromatic nitrogens is 3. The number of nitrogens with zero attached hydrogens (tertiary/aromatic N) is 3. The van der Waals surface area contributed by atoms with Gasteiger partial charge in [0.15, 0.2) is 5.65 Å². The Morgan fingerprint density at radius 3 is 2.71 bits per heavy atom. The van der Waals surface area contributed by atoms with Crippen molar-refractivity contribution in [2.45, 2.75) is 0 Å². The number of benzene rings is 2. The van der Waals surface area contributed by atoms with Gasteiger partial charge in [0.2, 0.25) is 0 Å². The number of aromatic hydroxyl groups is 1. The van der Waals surface area contributed by atoms with Crippen molar-refractivity contribution in [3.05, 3.63) is 72.1 Å². The first-order valence-corrected chi connectivity index (χ1v) is 7.72. The van der Waals surface area contributed by atoms with Crippen LogP contribution in [0.25, 0.3) is 16.9 Å². The lowest BCUT2D eigenvalue weighted by molar-refractivity contribution is 0.475. The predicted octanol–water partition coefficient (Wildman–Crippen LogP) is 4.50. The van der Waals surface area contributed by atoms with Crippen molar-refractivity contribution in [1.82, 2.24) is 14.4 Å². The Hall–Kier alpha value is -3.05. The molecule has 2 aromatic heterocycles. The van der Waals surface area contributed by atoms with Gasteiger partial charge < -0.3 is 10.4 Å². The Bertz CT molecular complexity index is 1010. The highest BCUT2D eigenvalue weighted by molar-refractivity contribution is 6.30. The summed E-state index contributed by atoms with van der Waals surface area (Å²) >= 11 is 5.95. The molecule has 0 bridgehead atoms. The molecule has 0 aliphatic carbocycles. The van der Waals surface area contributed by atoms with E-state index in [4.69, 9.17) is 11.6 Å². The average molecular weight is 337 g/mol. The van der Waals surface area contributed by atoms with Crippen LogP contribution in [-0.2, 0) is 0 Å². The van der Waals surface area contributed by atoms with Gasteiger partial charge in [0.05, 0.1) is 6.20 Å². The molecule has 2 heterocycles. The molecule has 0 saturated heterocycles. The van der Waals surface area contributed by atoms with Crippen molar-refractivity contribution in [1.29, 1.82) is 0 Å². The summed E-state index contributed by atoms with van der Waals surface area (Å²) in [5, 5.41) is 13.8. The fraction of sp³-hybridized carbons (Fsp3) is 0. The molecule has 0 amide bonds. The maximum Gasteiger partial charge on any atom is 0.157 e. The van der Waals surface area contributed by atoms with Crippen LogP contribution in [0.15, 0.2) is 67.1 Å². The maximum absolute atomic E-state index is 9.78. The quantitative estimate of drug-likeness (QED) is 0.578. The van der Waals surface area contributed by atoms with Crippen LogP contribution < -0.4 is 5.32 Å². The van der Waals surface area contributed by atoms with E-state index in [2.05, 4.69) is 15.3 Å². The van der Waals surface area contributed by atoms with Gasteiger partial charge in [-0.05, 0) is 36.4 Å². The molecule has 0 aliphatic rings. The van der Waals surface area contributed by atoms with Gasteiger partial charge in [0.25, 0.3) is 0 Å². The highest BCUT2D eigenvalue weighted by Crippen LogP contribution is 2.32. The number of anilines is 2. The second-order valence-electron chi connectivity index (χ2n) is 5.30. The van der Waals surface area contributed by atoms with Crippen molar-refractivity contribution in [2.75, 3.05) is 5.32 Å². The fourth-order valence-corrected chi connectivity index (χ4v) is 2.68. The van der Waals surface area contributed by atoms with E-state index in [-0.39, 0.29) is 5.75 Å². The largest absolute Gasteiger partial charge is 0.508 e. The zero-order chi connectivity index (χ0) is 16.5. The Balaban J connectivity index is 1.88. The molecule has 118 valence electrons. The summed E-state index contributed by atoms with van der Waals surface area (Å²) in [6, 6.07) is 14.5. The third-order valence-corrected chi connectivity index (χ3v) is 3.91. The summed E-state index contributed by atoms with van der Waals surface area (Å²) in [7, 11) is 0. The smallest absolute Gasteiger partial charge is 0.157 e. The lowest BCUT2D eigenvalue weighted by atomic mass is 10.1. The predicted molar refractivity (Wildman–Crippen MR) is 94.8 cm³/mol. The topological polar surface area (TPSA) is 62.5 Å². The molecule has 5 nitrogen and oxygen atoms in total. The molecule has 6 heteroatoms. The SMILES string of the molecule is Oc1cccc(-c2nc3cnccn3c2Nc2ccc(Cl)cc2)c1. The van der Waals surface area contributed by atoms with Crippen LogP contribution in [0.5, 0.6) is 5.75 Å². The summed E-state index contributed by atoms with van der Waals surface area (Å²) in [5.74, 6) is 0.987. The van der Waals surface area contributed by atoms with Gasteiger partial charge in [-0.3, -0.25) is 9.38 Å². The number of nitrogens with one attached hydrogen (secondary N) is 1. The van der Waals surface area contributed by atoms with Gasteiger partial charge in [-0.2, -0.15) is 0 Å². The first kappa shape index (κ1) is 14.5. The normalized spacial score (nSPS) is 10.9. The first-order chi connectivity index (χ1) is 11.7. The number of phenols is 1. The van der Waals surface area contributed by atoms with E-state index in [0.29, 0.717) is 10.7 Å². The number of fused-ring (bicyclic) bond motifs is 1. The highest BCUT2D eigenvalue weighted by atomic mass is 35.5. The number of imidazole rings is 1. The fourth-order valence-electron chi connectivity index (χ4n) is 2.55. The number of halogens is 1. The number of hydrogen-bond acceptors (Lipinski definition) is 4. The zero-order valence-electron chi connectivity index (χ0n) is 12.5. The van der Waals surface area contributed by atoms with Crippen molar-refractivity contribution in [3.8, 4) is 17.0 Å². The van der Waals surface area contributed by atoms with E-state index < -0.39 is 0 Å². The molecule has 24 heavy (non-hydrogen) atoms. The summed E-state index contributed by atoms with van der Waals surface area (Å²) < 4.78 is 1.92. The monoisotopic (exact) mass is 336 g/mol. The Kier molecular flexibility index (Phi) is 3.55. The Labute approximate surface area is 143 Å². The third-order valence-electron chi connectivity index (χ3n) is 3.66. The summed E-state index contributed by atoms with van der Waals surface area (Å²) in [6.45, 7) is 0. The van der Waals surface area contributed by atoms with E-state index in [1.54, 1.807) is 30.6 Å². The van der Waals surface area contributed by atoms with Crippen LogP contribution in [-0.4, -0.2) is 19.5 Å². The molecule has 4 aromatic rings. The second kappa shape index (κ2) is 5.86. The van der Waals surface area contributed by atoms with Crippen molar-refractivity contribution in [3.63, 3.8) is 0 Å². The van der Waals surface area contributed by atoms with Gasteiger partial charge in [-0.15, -0.1) is 0 Å². The molecule has 0 atom stereocenters. The van der Waals surface area contributed by atoms with Gasteiger partial charge in [0.1, 0.15) is 17.3 Å². The highest BCUT2D eigenvalue weighted by Gasteiger charge is 2.14. The second-order valence-corrected chi connectivity index (χ2v) is 5.73. The zero-order valence-corrected chi connectivity index (χ0v) is 13.3. The van der Waals surface area contributed by atoms with Crippen LogP contribution in [0.1, 0.15) is 0 Å². The number of rotatable bonds is 3. The minimum absolute atomic E-state index is 0.195. The molecule has 0 unspecified atom stereocenters. The molecule has 0 saturated carbocycles. The maximum atomic E-state index is 9.78. The first-order valence-electron chi connectivity index (χ1n) is 7.35. The lowest BCUT2D eigenvalue weighted by Gasteiger charge is -2.09. The van der Waals surface area contributed by atoms with Crippen LogP contribution in [0.4, 0.5) is 11.5 Å².